The number of fused-ring (bicyclic) bond motifs is 2. The minimum Gasteiger partial charge on any atom is -0.467 e. The van der Waals surface area contributed by atoms with E-state index in [4.69, 9.17) is 4.74 Å². The summed E-state index contributed by atoms with van der Waals surface area (Å²) in [7, 11) is 1.25. The Hall–Kier alpha value is -3.48. The molecule has 0 fully saturated rings. The second-order valence-corrected chi connectivity index (χ2v) is 6.81. The minimum atomic E-state index is -0.808. The van der Waals surface area contributed by atoms with Crippen molar-refractivity contribution in [3.8, 4) is 0 Å². The summed E-state index contributed by atoms with van der Waals surface area (Å²) in [6.45, 7) is 3.56. The highest BCUT2D eigenvalue weighted by Crippen LogP contribution is 2.29. The lowest BCUT2D eigenvalue weighted by molar-refractivity contribution is -0.143. The molecule has 1 aliphatic carbocycles. The number of urea groups is 1. The van der Waals surface area contributed by atoms with Crippen molar-refractivity contribution in [2.75, 3.05) is 12.4 Å². The molecule has 0 saturated heterocycles. The molecule has 144 valence electrons. The Kier molecular flexibility index (Phi) is 5.26. The summed E-state index contributed by atoms with van der Waals surface area (Å²) in [4.78, 5) is 49.4. The van der Waals surface area contributed by atoms with E-state index in [1.165, 1.54) is 19.2 Å². The molecule has 2 N–H and O–H groups in total. The van der Waals surface area contributed by atoms with Crippen molar-refractivity contribution in [2.45, 2.75) is 19.9 Å². The van der Waals surface area contributed by atoms with Gasteiger partial charge in [-0.05, 0) is 24.1 Å². The molecule has 0 bridgehead atoms. The fourth-order valence-electron chi connectivity index (χ4n) is 3.11. The molecule has 0 spiro atoms. The molecule has 0 saturated carbocycles. The lowest BCUT2D eigenvalue weighted by atomic mass is 9.84. The van der Waals surface area contributed by atoms with E-state index >= 15 is 0 Å². The summed E-state index contributed by atoms with van der Waals surface area (Å²) in [6, 6.07) is 9.74. The number of ketones is 2. The number of anilines is 1. The van der Waals surface area contributed by atoms with E-state index in [1.807, 2.05) is 0 Å². The van der Waals surface area contributed by atoms with E-state index in [2.05, 4.69) is 10.6 Å². The number of benzene rings is 2. The van der Waals surface area contributed by atoms with Crippen LogP contribution in [0.1, 0.15) is 45.7 Å². The Bertz CT molecular complexity index is 981. The molecule has 0 heterocycles. The van der Waals surface area contributed by atoms with Crippen LogP contribution in [0.4, 0.5) is 10.5 Å². The van der Waals surface area contributed by atoms with Crippen LogP contribution in [0.5, 0.6) is 0 Å². The van der Waals surface area contributed by atoms with E-state index in [0.717, 1.165) is 0 Å². The normalized spacial score (nSPS) is 13.4. The van der Waals surface area contributed by atoms with Crippen LogP contribution in [0.25, 0.3) is 0 Å². The van der Waals surface area contributed by atoms with Crippen molar-refractivity contribution in [1.82, 2.24) is 5.32 Å². The maximum Gasteiger partial charge on any atom is 0.328 e. The standard InChI is InChI=1S/C21H20N2O5/c1-11(2)17(20(26)28-3)23-21(27)22-12-8-9-15-16(10-12)19(25)14-7-5-4-6-13(14)18(15)24/h4-11,17H,1-3H3,(H2,22,23,27). The molecule has 2 amide bonds. The average molecular weight is 380 g/mol. The Labute approximate surface area is 162 Å². The maximum absolute atomic E-state index is 12.7. The van der Waals surface area contributed by atoms with Crippen molar-refractivity contribution in [3.63, 3.8) is 0 Å². The zero-order chi connectivity index (χ0) is 20.4. The molecule has 0 aromatic heterocycles. The summed E-state index contributed by atoms with van der Waals surface area (Å²) in [5.74, 6) is -1.22. The first kappa shape index (κ1) is 19.3. The third-order valence-corrected chi connectivity index (χ3v) is 4.59. The van der Waals surface area contributed by atoms with Crippen LogP contribution in [0.15, 0.2) is 42.5 Å². The summed E-state index contributed by atoms with van der Waals surface area (Å²) >= 11 is 0. The Morgan fingerprint density at radius 3 is 2.04 bits per heavy atom. The van der Waals surface area contributed by atoms with E-state index in [9.17, 15) is 19.2 Å². The molecule has 3 rings (SSSR count). The van der Waals surface area contributed by atoms with Gasteiger partial charge in [-0.15, -0.1) is 0 Å². The van der Waals surface area contributed by atoms with Gasteiger partial charge in [0, 0.05) is 27.9 Å². The summed E-state index contributed by atoms with van der Waals surface area (Å²) < 4.78 is 4.69. The quantitative estimate of drug-likeness (QED) is 0.678. The molecule has 2 aromatic carbocycles. The van der Waals surface area contributed by atoms with Crippen LogP contribution in [0.2, 0.25) is 0 Å². The van der Waals surface area contributed by atoms with Crippen molar-refractivity contribution in [3.05, 3.63) is 64.7 Å². The van der Waals surface area contributed by atoms with Crippen LogP contribution < -0.4 is 10.6 Å². The van der Waals surface area contributed by atoms with E-state index in [-0.39, 0.29) is 23.0 Å². The van der Waals surface area contributed by atoms with Crippen molar-refractivity contribution in [2.24, 2.45) is 5.92 Å². The smallest absolute Gasteiger partial charge is 0.328 e. The van der Waals surface area contributed by atoms with E-state index in [1.54, 1.807) is 44.2 Å². The molecule has 7 heteroatoms. The lowest BCUT2D eigenvalue weighted by Gasteiger charge is -2.21. The van der Waals surface area contributed by atoms with Crippen LogP contribution in [0.3, 0.4) is 0 Å². The predicted octanol–water partition coefficient (Wildman–Crippen LogP) is 2.78. The molecular weight excluding hydrogens is 360 g/mol. The molecular formula is C21H20N2O5. The van der Waals surface area contributed by atoms with Gasteiger partial charge in [-0.2, -0.15) is 0 Å². The van der Waals surface area contributed by atoms with Gasteiger partial charge in [0.2, 0.25) is 0 Å². The molecule has 7 nitrogen and oxygen atoms in total. The topological polar surface area (TPSA) is 102 Å². The van der Waals surface area contributed by atoms with E-state index in [0.29, 0.717) is 22.4 Å². The van der Waals surface area contributed by atoms with Gasteiger partial charge in [-0.25, -0.2) is 9.59 Å². The first-order valence-electron chi connectivity index (χ1n) is 8.81. The van der Waals surface area contributed by atoms with Crippen molar-refractivity contribution < 1.29 is 23.9 Å². The van der Waals surface area contributed by atoms with Crippen molar-refractivity contribution in [1.29, 1.82) is 0 Å². The van der Waals surface area contributed by atoms with Crippen molar-refractivity contribution >= 4 is 29.3 Å². The first-order chi connectivity index (χ1) is 13.3. The van der Waals surface area contributed by atoms with Gasteiger partial charge in [0.25, 0.3) is 0 Å². The van der Waals surface area contributed by atoms with Crippen LogP contribution in [0, 0.1) is 5.92 Å². The van der Waals surface area contributed by atoms with Gasteiger partial charge in [-0.3, -0.25) is 9.59 Å². The van der Waals surface area contributed by atoms with Crippen LogP contribution in [-0.2, 0) is 9.53 Å². The molecule has 0 radical (unpaired) electrons. The molecule has 1 unspecified atom stereocenters. The summed E-state index contributed by atoms with van der Waals surface area (Å²) in [6.07, 6.45) is 0. The largest absolute Gasteiger partial charge is 0.467 e. The number of hydrogen-bond donors (Lipinski definition) is 2. The third-order valence-electron chi connectivity index (χ3n) is 4.59. The minimum absolute atomic E-state index is 0.169. The number of rotatable bonds is 4. The first-order valence-corrected chi connectivity index (χ1v) is 8.81. The Morgan fingerprint density at radius 2 is 1.46 bits per heavy atom. The van der Waals surface area contributed by atoms with Crippen LogP contribution >= 0.6 is 0 Å². The summed E-state index contributed by atoms with van der Waals surface area (Å²) in [5.41, 5.74) is 1.58. The summed E-state index contributed by atoms with van der Waals surface area (Å²) in [5, 5.41) is 5.15. The molecule has 1 aliphatic rings. The highest BCUT2D eigenvalue weighted by atomic mass is 16.5. The van der Waals surface area contributed by atoms with Gasteiger partial charge in [0.1, 0.15) is 6.04 Å². The monoisotopic (exact) mass is 380 g/mol. The predicted molar refractivity (Wildman–Crippen MR) is 103 cm³/mol. The van der Waals surface area contributed by atoms with Gasteiger partial charge in [0.15, 0.2) is 11.6 Å². The molecule has 0 aliphatic heterocycles. The number of carbonyl (C=O) groups is 4. The number of methoxy groups -OCH3 is 1. The molecule has 28 heavy (non-hydrogen) atoms. The fraction of sp³-hybridized carbons (Fsp3) is 0.238. The highest BCUT2D eigenvalue weighted by molar-refractivity contribution is 6.28. The second kappa shape index (κ2) is 7.64. The van der Waals surface area contributed by atoms with E-state index < -0.39 is 18.0 Å². The number of ether oxygens (including phenoxy) is 1. The Morgan fingerprint density at radius 1 is 0.893 bits per heavy atom. The third kappa shape index (κ3) is 3.51. The zero-order valence-electron chi connectivity index (χ0n) is 15.7. The number of nitrogens with one attached hydrogen (secondary N) is 2. The number of esters is 1. The number of carbonyl (C=O) groups excluding carboxylic acids is 4. The fourth-order valence-corrected chi connectivity index (χ4v) is 3.11. The van der Waals surface area contributed by atoms with Gasteiger partial charge < -0.3 is 15.4 Å². The zero-order valence-corrected chi connectivity index (χ0v) is 15.7. The number of amides is 2. The highest BCUT2D eigenvalue weighted by Gasteiger charge is 2.30. The SMILES string of the molecule is COC(=O)C(NC(=O)Nc1ccc2c(c1)C(=O)c1ccccc1C2=O)C(C)C. The van der Waals surface area contributed by atoms with Gasteiger partial charge >= 0.3 is 12.0 Å². The van der Waals surface area contributed by atoms with Crippen LogP contribution in [-0.4, -0.2) is 36.7 Å². The second-order valence-electron chi connectivity index (χ2n) is 6.81. The molecule has 2 aromatic rings. The number of hydrogen-bond acceptors (Lipinski definition) is 5. The van der Waals surface area contributed by atoms with Gasteiger partial charge in [0.05, 0.1) is 7.11 Å². The lowest BCUT2D eigenvalue weighted by Crippen LogP contribution is -2.46. The Balaban J connectivity index is 1.82. The maximum atomic E-state index is 12.7. The van der Waals surface area contributed by atoms with Gasteiger partial charge in [-0.1, -0.05) is 38.1 Å². The molecule has 1 atom stereocenters. The average Bonchev–Trinajstić information content (AvgIpc) is 2.69.